The van der Waals surface area contributed by atoms with E-state index in [0.717, 1.165) is 4.47 Å². The van der Waals surface area contributed by atoms with Crippen LogP contribution >= 0.6 is 27.3 Å². The fourth-order valence-electron chi connectivity index (χ4n) is 1.51. The van der Waals surface area contributed by atoms with E-state index in [1.54, 1.807) is 11.3 Å². The van der Waals surface area contributed by atoms with Gasteiger partial charge in [0.05, 0.1) is 5.60 Å². The third kappa shape index (κ3) is 3.55. The lowest BCUT2D eigenvalue weighted by atomic mass is 10.0. The first-order chi connectivity index (χ1) is 7.07. The third-order valence-electron chi connectivity index (χ3n) is 2.58. The van der Waals surface area contributed by atoms with Crippen molar-refractivity contribution < 1.29 is 5.11 Å². The summed E-state index contributed by atoms with van der Waals surface area (Å²) in [5, 5.41) is 15.6. The number of hydrogen-bond donors (Lipinski definition) is 2. The van der Waals surface area contributed by atoms with Gasteiger partial charge in [0, 0.05) is 28.4 Å². The van der Waals surface area contributed by atoms with Crippen molar-refractivity contribution >= 4 is 27.3 Å². The Morgan fingerprint density at radius 1 is 1.67 bits per heavy atom. The summed E-state index contributed by atoms with van der Waals surface area (Å²) in [5.41, 5.74) is -0.643. The molecule has 84 valence electrons. The molecule has 0 amide bonds. The molecule has 0 aromatic carbocycles. The lowest BCUT2D eigenvalue weighted by molar-refractivity contribution is 0.0604. The summed E-state index contributed by atoms with van der Waals surface area (Å²) < 4.78 is 1.11. The van der Waals surface area contributed by atoms with Gasteiger partial charge < -0.3 is 10.4 Å². The van der Waals surface area contributed by atoms with E-state index in [1.807, 2.05) is 18.4 Å². The highest BCUT2D eigenvalue weighted by Crippen LogP contribution is 2.27. The van der Waals surface area contributed by atoms with Crippen LogP contribution in [-0.4, -0.2) is 23.3 Å². The van der Waals surface area contributed by atoms with Gasteiger partial charge in [-0.3, -0.25) is 0 Å². The molecular weight excluding hydrogens is 274 g/mol. The molecule has 1 fully saturated rings. The molecule has 1 unspecified atom stereocenters. The minimum Gasteiger partial charge on any atom is -0.388 e. The summed E-state index contributed by atoms with van der Waals surface area (Å²) in [7, 11) is 0. The smallest absolute Gasteiger partial charge is 0.0792 e. The number of nitrogens with one attached hydrogen (secondary N) is 1. The van der Waals surface area contributed by atoms with Gasteiger partial charge in [-0.1, -0.05) is 0 Å². The standard InChI is InChI=1S/C11H16BrNOS/c1-11(14,7-13-8-2-3-8)6-10-9(12)4-5-15-10/h4-5,8,13-14H,2-3,6-7H2,1H3. The van der Waals surface area contributed by atoms with Crippen LogP contribution in [0.4, 0.5) is 0 Å². The predicted molar refractivity (Wildman–Crippen MR) is 67.4 cm³/mol. The van der Waals surface area contributed by atoms with Crippen LogP contribution in [0.25, 0.3) is 0 Å². The maximum Gasteiger partial charge on any atom is 0.0792 e. The Kier molecular flexibility index (Phi) is 3.50. The zero-order chi connectivity index (χ0) is 10.9. The van der Waals surface area contributed by atoms with Crippen LogP contribution in [0.3, 0.4) is 0 Å². The molecule has 15 heavy (non-hydrogen) atoms. The summed E-state index contributed by atoms with van der Waals surface area (Å²) >= 11 is 5.18. The molecule has 0 spiro atoms. The Labute approximate surface area is 103 Å². The number of thiophene rings is 1. The predicted octanol–water partition coefficient (Wildman–Crippen LogP) is 2.56. The van der Waals surface area contributed by atoms with Crippen LogP contribution in [0.15, 0.2) is 15.9 Å². The van der Waals surface area contributed by atoms with Crippen molar-refractivity contribution in [3.05, 3.63) is 20.8 Å². The molecule has 1 heterocycles. The first-order valence-electron chi connectivity index (χ1n) is 5.24. The minimum absolute atomic E-state index is 0.643. The number of halogens is 1. The zero-order valence-electron chi connectivity index (χ0n) is 8.79. The van der Waals surface area contributed by atoms with Crippen molar-refractivity contribution in [1.29, 1.82) is 0 Å². The second kappa shape index (κ2) is 4.53. The van der Waals surface area contributed by atoms with Gasteiger partial charge in [0.15, 0.2) is 0 Å². The minimum atomic E-state index is -0.643. The summed E-state index contributed by atoms with van der Waals surface area (Å²) in [6.45, 7) is 2.58. The van der Waals surface area contributed by atoms with Crippen LogP contribution in [0, 0.1) is 0 Å². The average molecular weight is 290 g/mol. The van der Waals surface area contributed by atoms with E-state index >= 15 is 0 Å². The van der Waals surface area contributed by atoms with Gasteiger partial charge in [0.25, 0.3) is 0 Å². The Balaban J connectivity index is 1.87. The normalized spacial score (nSPS) is 20.2. The second-order valence-electron chi connectivity index (χ2n) is 4.52. The van der Waals surface area contributed by atoms with Crippen molar-refractivity contribution in [2.24, 2.45) is 0 Å². The highest BCUT2D eigenvalue weighted by Gasteiger charge is 2.27. The lowest BCUT2D eigenvalue weighted by Gasteiger charge is -2.23. The highest BCUT2D eigenvalue weighted by atomic mass is 79.9. The third-order valence-corrected chi connectivity index (χ3v) is 4.51. The van der Waals surface area contributed by atoms with E-state index in [1.165, 1.54) is 17.7 Å². The molecule has 1 aliphatic carbocycles. The first kappa shape index (κ1) is 11.6. The Morgan fingerprint density at radius 3 is 2.93 bits per heavy atom. The Hall–Kier alpha value is 0.100. The molecule has 1 aromatic rings. The van der Waals surface area contributed by atoms with Gasteiger partial charge in [-0.15, -0.1) is 11.3 Å². The average Bonchev–Trinajstić information content (AvgIpc) is 2.90. The van der Waals surface area contributed by atoms with Crippen LogP contribution in [0.1, 0.15) is 24.6 Å². The molecule has 2 nitrogen and oxygen atoms in total. The molecule has 1 saturated carbocycles. The summed E-state index contributed by atoms with van der Waals surface area (Å²) in [6.07, 6.45) is 3.24. The maximum absolute atomic E-state index is 10.2. The van der Waals surface area contributed by atoms with Crippen LogP contribution in [0.5, 0.6) is 0 Å². The van der Waals surface area contributed by atoms with E-state index in [-0.39, 0.29) is 0 Å². The molecule has 1 aliphatic rings. The van der Waals surface area contributed by atoms with Crippen LogP contribution < -0.4 is 5.32 Å². The fourth-order valence-corrected chi connectivity index (χ4v) is 3.18. The quantitative estimate of drug-likeness (QED) is 0.873. The first-order valence-corrected chi connectivity index (χ1v) is 6.92. The summed E-state index contributed by atoms with van der Waals surface area (Å²) in [4.78, 5) is 1.22. The highest BCUT2D eigenvalue weighted by molar-refractivity contribution is 9.10. The molecule has 0 saturated heterocycles. The van der Waals surface area contributed by atoms with E-state index in [0.29, 0.717) is 19.0 Å². The monoisotopic (exact) mass is 289 g/mol. The Bertz CT molecular complexity index is 333. The lowest BCUT2D eigenvalue weighted by Crippen LogP contribution is -2.40. The van der Waals surface area contributed by atoms with Crippen LogP contribution in [0.2, 0.25) is 0 Å². The molecule has 0 radical (unpaired) electrons. The Morgan fingerprint density at radius 2 is 2.40 bits per heavy atom. The van der Waals surface area contributed by atoms with Gasteiger partial charge in [-0.2, -0.15) is 0 Å². The number of hydrogen-bond acceptors (Lipinski definition) is 3. The summed E-state index contributed by atoms with van der Waals surface area (Å²) in [6, 6.07) is 2.69. The topological polar surface area (TPSA) is 32.3 Å². The molecule has 2 rings (SSSR count). The van der Waals surface area contributed by atoms with E-state index in [2.05, 4.69) is 21.2 Å². The van der Waals surface area contributed by atoms with Crippen molar-refractivity contribution in [2.45, 2.75) is 37.8 Å². The molecule has 2 N–H and O–H groups in total. The number of aliphatic hydroxyl groups is 1. The van der Waals surface area contributed by atoms with Crippen LogP contribution in [-0.2, 0) is 6.42 Å². The van der Waals surface area contributed by atoms with E-state index < -0.39 is 5.60 Å². The largest absolute Gasteiger partial charge is 0.388 e. The van der Waals surface area contributed by atoms with Crippen molar-refractivity contribution in [3.63, 3.8) is 0 Å². The van der Waals surface area contributed by atoms with Crippen molar-refractivity contribution in [3.8, 4) is 0 Å². The number of rotatable bonds is 5. The SMILES string of the molecule is CC(O)(CNC1CC1)Cc1sccc1Br. The van der Waals surface area contributed by atoms with Gasteiger partial charge >= 0.3 is 0 Å². The fraction of sp³-hybridized carbons (Fsp3) is 0.636. The van der Waals surface area contributed by atoms with Gasteiger partial charge in [0.1, 0.15) is 0 Å². The second-order valence-corrected chi connectivity index (χ2v) is 6.38. The van der Waals surface area contributed by atoms with E-state index in [9.17, 15) is 5.11 Å². The van der Waals surface area contributed by atoms with Gasteiger partial charge in [0.2, 0.25) is 0 Å². The molecule has 0 bridgehead atoms. The molecule has 1 atom stereocenters. The molecule has 4 heteroatoms. The van der Waals surface area contributed by atoms with Crippen molar-refractivity contribution in [2.75, 3.05) is 6.54 Å². The zero-order valence-corrected chi connectivity index (χ0v) is 11.2. The summed E-state index contributed by atoms with van der Waals surface area (Å²) in [5.74, 6) is 0. The molecule has 1 aromatic heterocycles. The van der Waals surface area contributed by atoms with E-state index in [4.69, 9.17) is 0 Å². The van der Waals surface area contributed by atoms with Crippen molar-refractivity contribution in [1.82, 2.24) is 5.32 Å². The molecular formula is C11H16BrNOS. The maximum atomic E-state index is 10.2. The van der Waals surface area contributed by atoms with Gasteiger partial charge in [-0.05, 0) is 47.1 Å². The molecule has 0 aliphatic heterocycles. The van der Waals surface area contributed by atoms with Gasteiger partial charge in [-0.25, -0.2) is 0 Å².